The predicted octanol–water partition coefficient (Wildman–Crippen LogP) is 1.94. The first kappa shape index (κ1) is 14.0. The maximum atomic E-state index is 12.2. The predicted molar refractivity (Wildman–Crippen MR) is 74.5 cm³/mol. The van der Waals surface area contributed by atoms with Crippen LogP contribution in [0.25, 0.3) is 10.9 Å². The van der Waals surface area contributed by atoms with Crippen molar-refractivity contribution in [3.05, 3.63) is 30.0 Å². The molecule has 1 aromatic heterocycles. The van der Waals surface area contributed by atoms with Gasteiger partial charge in [0, 0.05) is 10.9 Å². The van der Waals surface area contributed by atoms with Crippen molar-refractivity contribution in [2.75, 3.05) is 0 Å². The van der Waals surface area contributed by atoms with Crippen LogP contribution in [0.15, 0.2) is 24.4 Å². The average Bonchev–Trinajstić information content (AvgIpc) is 2.85. The van der Waals surface area contributed by atoms with Crippen molar-refractivity contribution < 1.29 is 14.7 Å². The van der Waals surface area contributed by atoms with Crippen LogP contribution in [0, 0.1) is 0 Å². The van der Waals surface area contributed by atoms with Gasteiger partial charge in [-0.3, -0.25) is 9.89 Å². The van der Waals surface area contributed by atoms with Crippen LogP contribution in [0.2, 0.25) is 0 Å². The van der Waals surface area contributed by atoms with Gasteiger partial charge in [-0.1, -0.05) is 19.4 Å². The maximum Gasteiger partial charge on any atom is 0.329 e. The quantitative estimate of drug-likeness (QED) is 0.777. The Morgan fingerprint density at radius 1 is 1.45 bits per heavy atom. The molecule has 0 saturated heterocycles. The van der Waals surface area contributed by atoms with Crippen molar-refractivity contribution in [1.29, 1.82) is 0 Å². The summed E-state index contributed by atoms with van der Waals surface area (Å²) in [6.45, 7) is 3.40. The summed E-state index contributed by atoms with van der Waals surface area (Å²) in [5, 5.41) is 19.4. The van der Waals surface area contributed by atoms with Crippen molar-refractivity contribution in [3.8, 4) is 0 Å². The van der Waals surface area contributed by atoms with E-state index in [1.54, 1.807) is 24.4 Å². The highest BCUT2D eigenvalue weighted by molar-refractivity contribution is 6.00. The SMILES string of the molecule is CCCC(C)(NC(=O)c1ccc2cn[nH]c2c1)C(=O)O. The van der Waals surface area contributed by atoms with Crippen molar-refractivity contribution in [3.63, 3.8) is 0 Å². The number of H-pyrrole nitrogens is 1. The van der Waals surface area contributed by atoms with Crippen molar-refractivity contribution >= 4 is 22.8 Å². The molecular formula is C14H17N3O3. The van der Waals surface area contributed by atoms with Gasteiger partial charge in [-0.25, -0.2) is 4.79 Å². The molecule has 20 heavy (non-hydrogen) atoms. The first-order chi connectivity index (χ1) is 9.46. The van der Waals surface area contributed by atoms with Crippen LogP contribution in [0.5, 0.6) is 0 Å². The molecule has 6 heteroatoms. The summed E-state index contributed by atoms with van der Waals surface area (Å²) in [5.41, 5.74) is -0.107. The standard InChI is InChI=1S/C14H17N3O3/c1-3-6-14(2,13(19)20)16-12(18)9-4-5-10-8-15-17-11(10)7-9/h4-5,7-8H,3,6H2,1-2H3,(H,15,17)(H,16,18)(H,19,20). The van der Waals surface area contributed by atoms with E-state index >= 15 is 0 Å². The molecule has 106 valence electrons. The minimum atomic E-state index is -1.26. The van der Waals surface area contributed by atoms with Gasteiger partial charge >= 0.3 is 5.97 Å². The number of aliphatic carboxylic acids is 1. The van der Waals surface area contributed by atoms with E-state index in [1.165, 1.54) is 6.92 Å². The molecule has 0 aliphatic rings. The fourth-order valence-corrected chi connectivity index (χ4v) is 2.12. The van der Waals surface area contributed by atoms with Crippen LogP contribution in [-0.2, 0) is 4.79 Å². The Hall–Kier alpha value is -2.37. The third kappa shape index (κ3) is 2.64. The van der Waals surface area contributed by atoms with Gasteiger partial charge in [-0.05, 0) is 25.5 Å². The Labute approximate surface area is 116 Å². The van der Waals surface area contributed by atoms with E-state index in [4.69, 9.17) is 0 Å². The Balaban J connectivity index is 2.23. The highest BCUT2D eigenvalue weighted by Gasteiger charge is 2.34. The maximum absolute atomic E-state index is 12.2. The van der Waals surface area contributed by atoms with E-state index in [0.717, 1.165) is 10.9 Å². The highest BCUT2D eigenvalue weighted by atomic mass is 16.4. The summed E-state index contributed by atoms with van der Waals surface area (Å²) in [6.07, 6.45) is 2.71. The lowest BCUT2D eigenvalue weighted by Crippen LogP contribution is -2.52. The molecule has 0 radical (unpaired) electrons. The fourth-order valence-electron chi connectivity index (χ4n) is 2.12. The molecule has 1 aromatic carbocycles. The summed E-state index contributed by atoms with van der Waals surface area (Å²) >= 11 is 0. The third-order valence-corrected chi connectivity index (χ3v) is 3.32. The van der Waals surface area contributed by atoms with E-state index in [2.05, 4.69) is 15.5 Å². The number of hydrogen-bond acceptors (Lipinski definition) is 3. The van der Waals surface area contributed by atoms with E-state index in [9.17, 15) is 14.7 Å². The van der Waals surface area contributed by atoms with Gasteiger partial charge in [0.1, 0.15) is 5.54 Å². The van der Waals surface area contributed by atoms with Gasteiger partial charge in [0.05, 0.1) is 11.7 Å². The molecular weight excluding hydrogens is 258 g/mol. The monoisotopic (exact) mass is 275 g/mol. The van der Waals surface area contributed by atoms with E-state index < -0.39 is 17.4 Å². The number of hydrogen-bond donors (Lipinski definition) is 3. The molecule has 1 unspecified atom stereocenters. The number of amides is 1. The zero-order valence-corrected chi connectivity index (χ0v) is 11.4. The molecule has 0 spiro atoms. The number of carboxylic acid groups (broad SMARTS) is 1. The molecule has 0 fully saturated rings. The Bertz CT molecular complexity index is 650. The molecule has 0 aliphatic carbocycles. The molecule has 1 amide bonds. The van der Waals surface area contributed by atoms with Crippen LogP contribution in [-0.4, -0.2) is 32.7 Å². The zero-order chi connectivity index (χ0) is 14.8. The van der Waals surface area contributed by atoms with Crippen LogP contribution in [0.3, 0.4) is 0 Å². The molecule has 2 rings (SSSR count). The smallest absolute Gasteiger partial charge is 0.329 e. The van der Waals surface area contributed by atoms with Crippen molar-refractivity contribution in [2.24, 2.45) is 0 Å². The lowest BCUT2D eigenvalue weighted by Gasteiger charge is -2.25. The van der Waals surface area contributed by atoms with Crippen LogP contribution in [0.4, 0.5) is 0 Å². The largest absolute Gasteiger partial charge is 0.480 e. The summed E-state index contributed by atoms with van der Waals surface area (Å²) in [7, 11) is 0. The summed E-state index contributed by atoms with van der Waals surface area (Å²) in [4.78, 5) is 23.5. The third-order valence-electron chi connectivity index (χ3n) is 3.32. The van der Waals surface area contributed by atoms with E-state index in [0.29, 0.717) is 18.4 Å². The van der Waals surface area contributed by atoms with Gasteiger partial charge in [-0.2, -0.15) is 5.10 Å². The number of carbonyl (C=O) groups excluding carboxylic acids is 1. The van der Waals surface area contributed by atoms with Crippen LogP contribution >= 0.6 is 0 Å². The Kier molecular flexibility index (Phi) is 3.74. The van der Waals surface area contributed by atoms with Crippen LogP contribution in [0.1, 0.15) is 37.0 Å². The molecule has 1 atom stereocenters. The number of benzene rings is 1. The first-order valence-electron chi connectivity index (χ1n) is 6.45. The lowest BCUT2D eigenvalue weighted by atomic mass is 9.95. The van der Waals surface area contributed by atoms with Gasteiger partial charge in [0.15, 0.2) is 0 Å². The molecule has 1 heterocycles. The number of aromatic amines is 1. The lowest BCUT2D eigenvalue weighted by molar-refractivity contribution is -0.144. The highest BCUT2D eigenvalue weighted by Crippen LogP contribution is 2.16. The topological polar surface area (TPSA) is 95.1 Å². The van der Waals surface area contributed by atoms with Gasteiger partial charge < -0.3 is 10.4 Å². The summed E-state index contributed by atoms with van der Waals surface area (Å²) in [5.74, 6) is -1.44. The molecule has 3 N–H and O–H groups in total. The summed E-state index contributed by atoms with van der Waals surface area (Å²) < 4.78 is 0. The van der Waals surface area contributed by atoms with Gasteiger partial charge in [0.2, 0.25) is 0 Å². The first-order valence-corrected chi connectivity index (χ1v) is 6.45. The number of fused-ring (bicyclic) bond motifs is 1. The van der Waals surface area contributed by atoms with Crippen molar-refractivity contribution in [2.45, 2.75) is 32.2 Å². The fraction of sp³-hybridized carbons (Fsp3) is 0.357. The van der Waals surface area contributed by atoms with Crippen LogP contribution < -0.4 is 5.32 Å². The van der Waals surface area contributed by atoms with Gasteiger partial charge in [0.25, 0.3) is 5.91 Å². The minimum absolute atomic E-state index is 0.375. The number of carboxylic acids is 1. The second-order valence-electron chi connectivity index (χ2n) is 5.01. The number of nitrogens with one attached hydrogen (secondary N) is 2. The number of nitrogens with zero attached hydrogens (tertiary/aromatic N) is 1. The Morgan fingerprint density at radius 3 is 2.85 bits per heavy atom. The molecule has 0 aliphatic heterocycles. The summed E-state index contributed by atoms with van der Waals surface area (Å²) in [6, 6.07) is 5.08. The Morgan fingerprint density at radius 2 is 2.20 bits per heavy atom. The van der Waals surface area contributed by atoms with E-state index in [-0.39, 0.29) is 0 Å². The zero-order valence-electron chi connectivity index (χ0n) is 11.4. The molecule has 0 bridgehead atoms. The van der Waals surface area contributed by atoms with E-state index in [1.807, 2.05) is 6.92 Å². The minimum Gasteiger partial charge on any atom is -0.480 e. The van der Waals surface area contributed by atoms with Gasteiger partial charge in [-0.15, -0.1) is 0 Å². The number of aromatic nitrogens is 2. The molecule has 2 aromatic rings. The second-order valence-corrected chi connectivity index (χ2v) is 5.01. The molecule has 6 nitrogen and oxygen atoms in total. The normalized spacial score (nSPS) is 13.9. The van der Waals surface area contributed by atoms with Crippen molar-refractivity contribution in [1.82, 2.24) is 15.5 Å². The number of rotatable bonds is 5. The molecule has 0 saturated carbocycles. The average molecular weight is 275 g/mol. The second kappa shape index (κ2) is 5.32. The number of carbonyl (C=O) groups is 2.